The maximum absolute atomic E-state index is 13.6. The van der Waals surface area contributed by atoms with Crippen LogP contribution in [0.5, 0.6) is 11.5 Å². The number of carbonyl (C=O) groups is 2. The molecule has 5 rings (SSSR count). The van der Waals surface area contributed by atoms with E-state index in [4.69, 9.17) is 28.9 Å². The summed E-state index contributed by atoms with van der Waals surface area (Å²) >= 11 is 0. The van der Waals surface area contributed by atoms with Crippen LogP contribution in [0.1, 0.15) is 75.8 Å². The van der Waals surface area contributed by atoms with Gasteiger partial charge in [0.25, 0.3) is 0 Å². The van der Waals surface area contributed by atoms with Gasteiger partial charge in [0.05, 0.1) is 24.8 Å². The van der Waals surface area contributed by atoms with Gasteiger partial charge in [-0.25, -0.2) is 9.59 Å². The minimum absolute atomic E-state index is 0.0289. The van der Waals surface area contributed by atoms with E-state index in [9.17, 15) is 19.8 Å². The molecule has 2 aromatic carbocycles. The molecule has 1 saturated carbocycles. The molecule has 6 atom stereocenters. The van der Waals surface area contributed by atoms with Crippen molar-refractivity contribution in [2.24, 2.45) is 22.9 Å². The highest BCUT2D eigenvalue weighted by molar-refractivity contribution is 6.03. The molecule has 1 heterocycles. The van der Waals surface area contributed by atoms with Gasteiger partial charge < -0.3 is 44.2 Å². The fourth-order valence-corrected chi connectivity index (χ4v) is 8.19. The maximum atomic E-state index is 13.6. The van der Waals surface area contributed by atoms with Crippen molar-refractivity contribution >= 4 is 17.9 Å². The first-order valence-corrected chi connectivity index (χ1v) is 18.9. The predicted octanol–water partition coefficient (Wildman–Crippen LogP) is 6.72. The van der Waals surface area contributed by atoms with Crippen LogP contribution >= 0.6 is 0 Å². The highest BCUT2D eigenvalue weighted by Crippen LogP contribution is 2.61. The summed E-state index contributed by atoms with van der Waals surface area (Å²) in [4.78, 5) is 33.7. The monoisotopic (exact) mass is 733 g/mol. The molecular formula is C41H55N3O9. The van der Waals surface area contributed by atoms with Crippen LogP contribution in [0.4, 0.5) is 9.59 Å². The molecule has 1 aliphatic heterocycles. The highest BCUT2D eigenvalue weighted by Gasteiger charge is 2.65. The minimum Gasteiger partial charge on any atom is -0.459 e. The Morgan fingerprint density at radius 3 is 2.53 bits per heavy atom. The SMILES string of the molecule is C=CCO[C@@]12Oc3ccc(OC(=O)NCC)cc3[C@H]3[C@H](CCCCO)[C@@H](CCCCO)C=C(C(=NOCc4ccccc4)C[C@@H]1N(C)C(=O)OCC)[C@H]32. The fourth-order valence-electron chi connectivity index (χ4n) is 8.19. The summed E-state index contributed by atoms with van der Waals surface area (Å²) in [5, 5.41) is 27.1. The van der Waals surface area contributed by atoms with Crippen LogP contribution in [0, 0.1) is 17.8 Å². The van der Waals surface area contributed by atoms with Crippen LogP contribution in [-0.2, 0) is 20.9 Å². The average molecular weight is 734 g/mol. The van der Waals surface area contributed by atoms with E-state index in [1.54, 1.807) is 37.1 Å². The largest absolute Gasteiger partial charge is 0.459 e. The van der Waals surface area contributed by atoms with Gasteiger partial charge in [0, 0.05) is 44.7 Å². The van der Waals surface area contributed by atoms with E-state index >= 15 is 0 Å². The Hall–Kier alpha value is -4.39. The number of rotatable bonds is 18. The van der Waals surface area contributed by atoms with Gasteiger partial charge in [-0.3, -0.25) is 0 Å². The average Bonchev–Trinajstić information content (AvgIpc) is 3.16. The predicted molar refractivity (Wildman–Crippen MR) is 201 cm³/mol. The fraction of sp³-hybridized carbons (Fsp3) is 0.537. The van der Waals surface area contributed by atoms with Crippen molar-refractivity contribution in [2.45, 2.75) is 83.1 Å². The standard InChI is InChI=1S/C41H55N3O9/c1-5-23-50-41-36(44(4)40(48)49-7-3)26-34(43-51-27-28-15-9-8-10-16-28)32-24-29(17-11-13-21-45)31(18-12-14-22-46)37(38(32)41)33-25-30(19-20-35(33)53-41)52-39(47)42-6-2/h5,8-10,15-16,19-20,24-25,29,31,36-38,45-46H,1,6-7,11-14,17-18,21-23,26-27H2,2-4H3,(H,42,47)/t29-,31+,36-,37+,38+,41+/m0/s1. The molecule has 12 heteroatoms. The van der Waals surface area contributed by atoms with E-state index in [2.05, 4.69) is 18.0 Å². The number of ether oxygens (including phenoxy) is 4. The number of aliphatic hydroxyl groups excluding tert-OH is 2. The number of nitrogens with one attached hydrogen (secondary N) is 1. The zero-order valence-electron chi connectivity index (χ0n) is 31.2. The number of carbonyl (C=O) groups excluding carboxylic acids is 2. The second kappa shape index (κ2) is 19.1. The summed E-state index contributed by atoms with van der Waals surface area (Å²) in [6, 6.07) is 14.5. The summed E-state index contributed by atoms with van der Waals surface area (Å²) in [7, 11) is 1.69. The number of unbranched alkanes of at least 4 members (excludes halogenated alkanes) is 2. The summed E-state index contributed by atoms with van der Waals surface area (Å²) in [6.45, 7) is 8.72. The molecule has 53 heavy (non-hydrogen) atoms. The summed E-state index contributed by atoms with van der Waals surface area (Å²) in [5.74, 6) is -1.12. The normalized spacial score (nSPS) is 24.9. The number of likely N-dealkylation sites (N-methyl/N-ethyl adjacent to an activating group) is 1. The van der Waals surface area contributed by atoms with Gasteiger partial charge >= 0.3 is 12.2 Å². The Labute approximate surface area is 312 Å². The maximum Gasteiger partial charge on any atom is 0.412 e. The third-order valence-electron chi connectivity index (χ3n) is 10.4. The molecule has 0 bridgehead atoms. The number of allylic oxidation sites excluding steroid dienone is 1. The van der Waals surface area contributed by atoms with Crippen LogP contribution in [0.25, 0.3) is 0 Å². The molecule has 0 aromatic heterocycles. The molecule has 3 aliphatic rings. The Bertz CT molecular complexity index is 1600. The zero-order chi connectivity index (χ0) is 37.8. The van der Waals surface area contributed by atoms with Gasteiger partial charge in [0.15, 0.2) is 0 Å². The number of oxime groups is 1. The van der Waals surface area contributed by atoms with E-state index in [1.807, 2.05) is 43.3 Å². The molecule has 0 saturated heterocycles. The van der Waals surface area contributed by atoms with Crippen molar-refractivity contribution in [3.63, 3.8) is 0 Å². The van der Waals surface area contributed by atoms with Crippen LogP contribution in [0.3, 0.4) is 0 Å². The Balaban J connectivity index is 1.73. The van der Waals surface area contributed by atoms with E-state index in [0.29, 0.717) is 36.6 Å². The van der Waals surface area contributed by atoms with Crippen molar-refractivity contribution in [1.29, 1.82) is 0 Å². The van der Waals surface area contributed by atoms with E-state index in [1.165, 1.54) is 0 Å². The van der Waals surface area contributed by atoms with Gasteiger partial charge in [0.1, 0.15) is 24.1 Å². The van der Waals surface area contributed by atoms with Gasteiger partial charge in [0.2, 0.25) is 5.79 Å². The third kappa shape index (κ3) is 9.05. The first-order chi connectivity index (χ1) is 25.8. The van der Waals surface area contributed by atoms with Crippen molar-refractivity contribution in [1.82, 2.24) is 10.2 Å². The number of aliphatic hydroxyl groups is 2. The van der Waals surface area contributed by atoms with Gasteiger partial charge in [-0.1, -0.05) is 60.5 Å². The van der Waals surface area contributed by atoms with E-state index in [-0.39, 0.29) is 57.2 Å². The molecule has 3 N–H and O–H groups in total. The number of fused-ring (bicyclic) bond motifs is 2. The van der Waals surface area contributed by atoms with Crippen molar-refractivity contribution in [2.75, 3.05) is 40.0 Å². The van der Waals surface area contributed by atoms with Crippen molar-refractivity contribution in [3.8, 4) is 11.5 Å². The van der Waals surface area contributed by atoms with Crippen LogP contribution in [0.15, 0.2) is 78.0 Å². The third-order valence-corrected chi connectivity index (χ3v) is 10.4. The van der Waals surface area contributed by atoms with E-state index in [0.717, 1.165) is 42.4 Å². The lowest BCUT2D eigenvalue weighted by Gasteiger charge is -2.59. The number of nitrogens with zero attached hydrogens (tertiary/aromatic N) is 2. The van der Waals surface area contributed by atoms with Gasteiger partial charge in [-0.2, -0.15) is 0 Å². The second-order valence-electron chi connectivity index (χ2n) is 13.8. The molecule has 0 radical (unpaired) electrons. The minimum atomic E-state index is -1.40. The van der Waals surface area contributed by atoms with Crippen molar-refractivity contribution < 1.29 is 43.6 Å². The van der Waals surface area contributed by atoms with E-state index < -0.39 is 29.9 Å². The number of hydrogen-bond acceptors (Lipinski definition) is 10. The van der Waals surface area contributed by atoms with Gasteiger partial charge in [-0.15, -0.1) is 6.58 Å². The highest BCUT2D eigenvalue weighted by atomic mass is 16.7. The number of benzene rings is 2. The number of hydrogen-bond donors (Lipinski definition) is 3. The Morgan fingerprint density at radius 2 is 1.83 bits per heavy atom. The molecule has 2 aromatic rings. The lowest BCUT2D eigenvalue weighted by Crippen LogP contribution is -2.69. The lowest BCUT2D eigenvalue weighted by atomic mass is 9.55. The Kier molecular flexibility index (Phi) is 14.3. The molecule has 1 fully saturated rings. The summed E-state index contributed by atoms with van der Waals surface area (Å²) in [5.41, 5.74) is 3.41. The molecule has 2 aliphatic carbocycles. The second-order valence-corrected chi connectivity index (χ2v) is 13.8. The summed E-state index contributed by atoms with van der Waals surface area (Å²) < 4.78 is 25.2. The molecule has 288 valence electrons. The van der Waals surface area contributed by atoms with Gasteiger partial charge in [-0.05, 0) is 80.7 Å². The Morgan fingerprint density at radius 1 is 1.08 bits per heavy atom. The topological polar surface area (TPSA) is 148 Å². The lowest BCUT2D eigenvalue weighted by molar-refractivity contribution is -0.253. The molecule has 0 spiro atoms. The van der Waals surface area contributed by atoms with Crippen molar-refractivity contribution in [3.05, 3.63) is 84.0 Å². The molecule has 12 nitrogen and oxygen atoms in total. The summed E-state index contributed by atoms with van der Waals surface area (Å²) in [6.07, 6.45) is 7.62. The number of amides is 2. The quantitative estimate of drug-likeness (QED) is 0.0863. The first-order valence-electron chi connectivity index (χ1n) is 18.9. The first kappa shape index (κ1) is 39.8. The molecular weight excluding hydrogens is 678 g/mol. The van der Waals surface area contributed by atoms with Crippen LogP contribution < -0.4 is 14.8 Å². The van der Waals surface area contributed by atoms with Crippen LogP contribution in [-0.4, -0.2) is 84.9 Å². The zero-order valence-corrected chi connectivity index (χ0v) is 31.2. The molecule has 2 amide bonds. The smallest absolute Gasteiger partial charge is 0.412 e. The molecule has 0 unspecified atom stereocenters. The van der Waals surface area contributed by atoms with Crippen LogP contribution in [0.2, 0.25) is 0 Å².